The Morgan fingerprint density at radius 3 is 2.45 bits per heavy atom. The van der Waals surface area contributed by atoms with Crippen LogP contribution in [-0.4, -0.2) is 93.4 Å². The van der Waals surface area contributed by atoms with Crippen LogP contribution in [0.1, 0.15) is 6.42 Å². The van der Waals surface area contributed by atoms with Crippen LogP contribution < -0.4 is 0 Å². The smallest absolute Gasteiger partial charge is 0.211 e. The van der Waals surface area contributed by atoms with Crippen LogP contribution in [-0.2, 0) is 10.0 Å². The minimum absolute atomic E-state index is 0.0738. The number of rotatable bonds is 4. The molecule has 0 amide bonds. The van der Waals surface area contributed by atoms with Gasteiger partial charge in [0.25, 0.3) is 0 Å². The molecule has 0 radical (unpaired) electrons. The Balaban J connectivity index is 1.94. The summed E-state index contributed by atoms with van der Waals surface area (Å²) < 4.78 is 24.8. The van der Waals surface area contributed by atoms with Gasteiger partial charge in [-0.15, -0.1) is 0 Å². The monoisotopic (exact) mass is 305 g/mol. The van der Waals surface area contributed by atoms with Gasteiger partial charge in [0.1, 0.15) is 0 Å². The predicted molar refractivity (Wildman–Crippen MR) is 79.0 cm³/mol. The molecule has 0 aliphatic carbocycles. The van der Waals surface area contributed by atoms with Crippen LogP contribution in [0, 0.1) is 11.8 Å². The SMILES string of the molecule is CN1CCCN(C[C@@H]2CN(S(C)(=O)=O)C[C@@H]2CO)CC1. The van der Waals surface area contributed by atoms with Crippen LogP contribution in [0.15, 0.2) is 0 Å². The van der Waals surface area contributed by atoms with Crippen molar-refractivity contribution in [3.63, 3.8) is 0 Å². The Bertz CT molecular complexity index is 415. The van der Waals surface area contributed by atoms with Crippen LogP contribution in [0.25, 0.3) is 0 Å². The lowest BCUT2D eigenvalue weighted by molar-refractivity contribution is 0.165. The number of aliphatic hydroxyl groups is 1. The van der Waals surface area contributed by atoms with E-state index in [1.807, 2.05) is 0 Å². The summed E-state index contributed by atoms with van der Waals surface area (Å²) in [5, 5.41) is 9.50. The van der Waals surface area contributed by atoms with Gasteiger partial charge in [-0.25, -0.2) is 12.7 Å². The standard InChI is InChI=1S/C13H27N3O3S/c1-14-4-3-5-15(7-6-14)8-12-9-16(20(2,18)19)10-13(12)11-17/h12-13,17H,3-11H2,1-2H3/t12-,13-/m1/s1. The van der Waals surface area contributed by atoms with E-state index in [0.717, 1.165) is 39.1 Å². The van der Waals surface area contributed by atoms with Gasteiger partial charge in [-0.05, 0) is 32.5 Å². The highest BCUT2D eigenvalue weighted by molar-refractivity contribution is 7.88. The van der Waals surface area contributed by atoms with E-state index in [0.29, 0.717) is 13.1 Å². The highest BCUT2D eigenvalue weighted by atomic mass is 32.2. The molecule has 2 fully saturated rings. The lowest BCUT2D eigenvalue weighted by Crippen LogP contribution is -2.36. The summed E-state index contributed by atoms with van der Waals surface area (Å²) in [6.07, 6.45) is 2.41. The molecule has 0 spiro atoms. The quantitative estimate of drug-likeness (QED) is 0.731. The van der Waals surface area contributed by atoms with Crippen molar-refractivity contribution in [2.24, 2.45) is 11.8 Å². The van der Waals surface area contributed by atoms with Gasteiger partial charge in [0.05, 0.1) is 6.26 Å². The van der Waals surface area contributed by atoms with E-state index in [1.54, 1.807) is 0 Å². The summed E-state index contributed by atoms with van der Waals surface area (Å²) >= 11 is 0. The molecular formula is C13H27N3O3S. The lowest BCUT2D eigenvalue weighted by atomic mass is 9.96. The van der Waals surface area contributed by atoms with E-state index < -0.39 is 10.0 Å². The minimum atomic E-state index is -3.14. The molecule has 0 saturated carbocycles. The topological polar surface area (TPSA) is 64.1 Å². The molecule has 20 heavy (non-hydrogen) atoms. The van der Waals surface area contributed by atoms with E-state index in [2.05, 4.69) is 16.8 Å². The molecule has 2 aliphatic rings. The highest BCUT2D eigenvalue weighted by Gasteiger charge is 2.37. The molecule has 1 N–H and O–H groups in total. The molecule has 2 rings (SSSR count). The third kappa shape index (κ3) is 4.14. The molecule has 2 saturated heterocycles. The molecule has 0 aromatic rings. The fraction of sp³-hybridized carbons (Fsp3) is 1.00. The second-order valence-electron chi connectivity index (χ2n) is 6.24. The largest absolute Gasteiger partial charge is 0.396 e. The number of likely N-dealkylation sites (N-methyl/N-ethyl adjacent to an activating group) is 1. The van der Waals surface area contributed by atoms with E-state index in [4.69, 9.17) is 0 Å². The predicted octanol–water partition coefficient (Wildman–Crippen LogP) is -0.876. The Kier molecular flexibility index (Phi) is 5.42. The Morgan fingerprint density at radius 1 is 1.10 bits per heavy atom. The van der Waals surface area contributed by atoms with E-state index >= 15 is 0 Å². The zero-order valence-corrected chi connectivity index (χ0v) is 13.3. The molecule has 118 valence electrons. The molecule has 0 aromatic heterocycles. The van der Waals surface area contributed by atoms with Gasteiger partial charge in [-0.2, -0.15) is 0 Å². The van der Waals surface area contributed by atoms with Crippen molar-refractivity contribution in [3.8, 4) is 0 Å². The highest BCUT2D eigenvalue weighted by Crippen LogP contribution is 2.26. The van der Waals surface area contributed by atoms with Crippen LogP contribution in [0.2, 0.25) is 0 Å². The van der Waals surface area contributed by atoms with Crippen LogP contribution in [0.3, 0.4) is 0 Å². The van der Waals surface area contributed by atoms with Gasteiger partial charge < -0.3 is 14.9 Å². The first-order valence-corrected chi connectivity index (χ1v) is 9.22. The van der Waals surface area contributed by atoms with Crippen LogP contribution >= 0.6 is 0 Å². The van der Waals surface area contributed by atoms with E-state index in [1.165, 1.54) is 10.6 Å². The maximum atomic E-state index is 11.7. The molecule has 2 aliphatic heterocycles. The van der Waals surface area contributed by atoms with Crippen LogP contribution in [0.5, 0.6) is 0 Å². The molecular weight excluding hydrogens is 278 g/mol. The van der Waals surface area contributed by atoms with Gasteiger partial charge in [0.2, 0.25) is 10.0 Å². The first-order valence-electron chi connectivity index (χ1n) is 7.37. The summed E-state index contributed by atoms with van der Waals surface area (Å²) in [6, 6.07) is 0. The second-order valence-corrected chi connectivity index (χ2v) is 8.22. The van der Waals surface area contributed by atoms with E-state index in [-0.39, 0.29) is 18.4 Å². The van der Waals surface area contributed by atoms with Gasteiger partial charge in [0.15, 0.2) is 0 Å². The van der Waals surface area contributed by atoms with Gasteiger partial charge in [0, 0.05) is 45.2 Å². The lowest BCUT2D eigenvalue weighted by Gasteiger charge is -2.26. The molecule has 0 unspecified atom stereocenters. The third-order valence-corrected chi connectivity index (χ3v) is 5.79. The zero-order valence-electron chi connectivity index (χ0n) is 12.5. The summed E-state index contributed by atoms with van der Waals surface area (Å²) in [6.45, 7) is 6.27. The van der Waals surface area contributed by atoms with Gasteiger partial charge in [-0.3, -0.25) is 0 Å². The van der Waals surface area contributed by atoms with Gasteiger partial charge >= 0.3 is 0 Å². The van der Waals surface area contributed by atoms with Crippen molar-refractivity contribution in [3.05, 3.63) is 0 Å². The van der Waals surface area contributed by atoms with Crippen molar-refractivity contribution >= 4 is 10.0 Å². The summed E-state index contributed by atoms with van der Waals surface area (Å²) in [4.78, 5) is 4.75. The summed E-state index contributed by atoms with van der Waals surface area (Å²) in [7, 11) is -1.000. The third-order valence-electron chi connectivity index (χ3n) is 4.55. The number of nitrogens with zero attached hydrogens (tertiary/aromatic N) is 3. The number of hydrogen-bond acceptors (Lipinski definition) is 5. The number of hydrogen-bond donors (Lipinski definition) is 1. The fourth-order valence-electron chi connectivity index (χ4n) is 3.19. The maximum Gasteiger partial charge on any atom is 0.211 e. The normalized spacial score (nSPS) is 31.6. The van der Waals surface area contributed by atoms with Crippen molar-refractivity contribution in [2.45, 2.75) is 6.42 Å². The average Bonchev–Trinajstić information content (AvgIpc) is 2.67. The Hall–Kier alpha value is -0.210. The molecule has 2 atom stereocenters. The Labute approximate surface area is 122 Å². The average molecular weight is 305 g/mol. The first kappa shape index (κ1) is 16.2. The first-order chi connectivity index (χ1) is 9.40. The second kappa shape index (κ2) is 6.70. The number of sulfonamides is 1. The van der Waals surface area contributed by atoms with Crippen molar-refractivity contribution in [1.29, 1.82) is 0 Å². The van der Waals surface area contributed by atoms with Gasteiger partial charge in [-0.1, -0.05) is 0 Å². The van der Waals surface area contributed by atoms with E-state index in [9.17, 15) is 13.5 Å². The molecule has 0 aromatic carbocycles. The van der Waals surface area contributed by atoms with Crippen molar-refractivity contribution < 1.29 is 13.5 Å². The molecule has 0 bridgehead atoms. The Morgan fingerprint density at radius 2 is 1.80 bits per heavy atom. The summed E-state index contributed by atoms with van der Waals surface area (Å²) in [5.41, 5.74) is 0. The molecule has 2 heterocycles. The molecule has 7 heteroatoms. The molecule has 6 nitrogen and oxygen atoms in total. The summed E-state index contributed by atoms with van der Waals surface area (Å²) in [5.74, 6) is 0.323. The zero-order chi connectivity index (χ0) is 14.8. The fourth-order valence-corrected chi connectivity index (χ4v) is 4.12. The maximum absolute atomic E-state index is 11.7. The van der Waals surface area contributed by atoms with Crippen LogP contribution in [0.4, 0.5) is 0 Å². The minimum Gasteiger partial charge on any atom is -0.396 e. The van der Waals surface area contributed by atoms with Crippen molar-refractivity contribution in [2.75, 3.05) is 65.7 Å². The number of aliphatic hydroxyl groups excluding tert-OH is 1. The van der Waals surface area contributed by atoms with Crippen molar-refractivity contribution in [1.82, 2.24) is 14.1 Å².